The summed E-state index contributed by atoms with van der Waals surface area (Å²) in [5.41, 5.74) is -0.240. The summed E-state index contributed by atoms with van der Waals surface area (Å²) in [5.74, 6) is 2.84. The van der Waals surface area contributed by atoms with Gasteiger partial charge in [0.05, 0.1) is 11.9 Å². The summed E-state index contributed by atoms with van der Waals surface area (Å²) in [6.45, 7) is 0.455. The third-order valence-electron chi connectivity index (χ3n) is 5.51. The predicted molar refractivity (Wildman–Crippen MR) is 69.6 cm³/mol. The van der Waals surface area contributed by atoms with Crippen molar-refractivity contribution in [3.8, 4) is 0 Å². The molecule has 4 aliphatic carbocycles. The van der Waals surface area contributed by atoms with Gasteiger partial charge in [-0.25, -0.2) is 13.1 Å². The Labute approximate surface area is 110 Å². The Kier molecular flexibility index (Phi) is 2.99. The molecule has 0 aliphatic heterocycles. The summed E-state index contributed by atoms with van der Waals surface area (Å²) in [6, 6.07) is 0. The van der Waals surface area contributed by atoms with E-state index in [0.717, 1.165) is 11.8 Å². The molecule has 4 nitrogen and oxygen atoms in total. The first-order chi connectivity index (χ1) is 8.43. The second-order valence-corrected chi connectivity index (χ2v) is 8.39. The van der Waals surface area contributed by atoms with Gasteiger partial charge < -0.3 is 4.74 Å². The molecule has 4 saturated carbocycles. The summed E-state index contributed by atoms with van der Waals surface area (Å²) in [4.78, 5) is 0. The Hall–Kier alpha value is -0.130. The summed E-state index contributed by atoms with van der Waals surface area (Å²) < 4.78 is 31.3. The highest BCUT2D eigenvalue weighted by Crippen LogP contribution is 2.59. The molecule has 0 saturated heterocycles. The second-order valence-electron chi connectivity index (χ2n) is 6.56. The topological polar surface area (TPSA) is 55.4 Å². The van der Waals surface area contributed by atoms with Crippen LogP contribution in [-0.4, -0.2) is 33.9 Å². The van der Waals surface area contributed by atoms with Crippen molar-refractivity contribution < 1.29 is 13.2 Å². The van der Waals surface area contributed by atoms with Crippen LogP contribution < -0.4 is 4.72 Å². The number of sulfonamides is 1. The van der Waals surface area contributed by atoms with E-state index in [1.165, 1.54) is 38.4 Å². The van der Waals surface area contributed by atoms with Crippen molar-refractivity contribution in [3.05, 3.63) is 0 Å². The van der Waals surface area contributed by atoms with Crippen LogP contribution >= 0.6 is 0 Å². The molecular formula is C13H23NO3S. The van der Waals surface area contributed by atoms with E-state index in [0.29, 0.717) is 18.4 Å². The lowest BCUT2D eigenvalue weighted by atomic mass is 9.50. The standard InChI is InChI=1S/C13H23NO3S/c1-17-13(8-14-18(2,15)16)11-4-9-3-10(6-11)7-12(13)5-9/h9-12,14H,3-8H2,1-2H3. The average Bonchev–Trinajstić information content (AvgIpc) is 2.27. The van der Waals surface area contributed by atoms with Crippen LogP contribution in [0.25, 0.3) is 0 Å². The molecule has 0 unspecified atom stereocenters. The maximum atomic E-state index is 11.4. The first kappa shape index (κ1) is 12.9. The first-order valence-corrected chi connectivity index (χ1v) is 8.82. The van der Waals surface area contributed by atoms with E-state index in [4.69, 9.17) is 4.74 Å². The van der Waals surface area contributed by atoms with Crippen molar-refractivity contribution in [1.82, 2.24) is 4.72 Å². The quantitative estimate of drug-likeness (QED) is 0.842. The smallest absolute Gasteiger partial charge is 0.208 e. The SMILES string of the molecule is COC1(CNS(C)(=O)=O)C2CC3CC(C2)CC1C3. The summed E-state index contributed by atoms with van der Waals surface area (Å²) in [7, 11) is -1.38. The molecule has 18 heavy (non-hydrogen) atoms. The van der Waals surface area contributed by atoms with Crippen LogP contribution in [0.1, 0.15) is 32.1 Å². The Bertz CT molecular complexity index is 404. The summed E-state index contributed by atoms with van der Waals surface area (Å²) >= 11 is 0. The molecule has 0 atom stereocenters. The lowest BCUT2D eigenvalue weighted by Gasteiger charge is -2.60. The van der Waals surface area contributed by atoms with E-state index in [9.17, 15) is 8.42 Å². The Morgan fingerprint density at radius 2 is 1.61 bits per heavy atom. The minimum Gasteiger partial charge on any atom is -0.376 e. The third-order valence-corrected chi connectivity index (χ3v) is 6.18. The van der Waals surface area contributed by atoms with Gasteiger partial charge in [-0.05, 0) is 55.8 Å². The van der Waals surface area contributed by atoms with E-state index < -0.39 is 10.0 Å². The van der Waals surface area contributed by atoms with Gasteiger partial charge >= 0.3 is 0 Å². The van der Waals surface area contributed by atoms with E-state index >= 15 is 0 Å². The summed E-state index contributed by atoms with van der Waals surface area (Å²) in [6.07, 6.45) is 7.54. The largest absolute Gasteiger partial charge is 0.376 e. The van der Waals surface area contributed by atoms with Crippen molar-refractivity contribution in [3.63, 3.8) is 0 Å². The molecule has 5 heteroatoms. The molecule has 4 fully saturated rings. The van der Waals surface area contributed by atoms with E-state index in [2.05, 4.69) is 4.72 Å². The van der Waals surface area contributed by atoms with E-state index in [-0.39, 0.29) is 5.60 Å². The minimum atomic E-state index is -3.14. The third kappa shape index (κ3) is 2.00. The molecule has 0 aromatic heterocycles. The second kappa shape index (κ2) is 4.18. The van der Waals surface area contributed by atoms with Crippen molar-refractivity contribution in [2.75, 3.05) is 19.9 Å². The molecule has 4 rings (SSSR count). The number of hydrogen-bond donors (Lipinski definition) is 1. The lowest BCUT2D eigenvalue weighted by molar-refractivity contribution is -0.185. The van der Waals surface area contributed by atoms with Crippen LogP contribution in [0.4, 0.5) is 0 Å². The zero-order valence-electron chi connectivity index (χ0n) is 11.2. The van der Waals surface area contributed by atoms with Gasteiger partial charge in [-0.15, -0.1) is 0 Å². The average molecular weight is 273 g/mol. The van der Waals surface area contributed by atoms with Crippen molar-refractivity contribution in [2.24, 2.45) is 23.7 Å². The Balaban J connectivity index is 1.82. The molecule has 1 N–H and O–H groups in total. The highest BCUT2D eigenvalue weighted by atomic mass is 32.2. The van der Waals surface area contributed by atoms with Crippen LogP contribution in [0.15, 0.2) is 0 Å². The van der Waals surface area contributed by atoms with Crippen LogP contribution in [0, 0.1) is 23.7 Å². The lowest BCUT2D eigenvalue weighted by Crippen LogP contribution is -2.63. The number of ether oxygens (including phenoxy) is 1. The highest BCUT2D eigenvalue weighted by Gasteiger charge is 2.57. The number of nitrogens with one attached hydrogen (secondary N) is 1. The summed E-state index contributed by atoms with van der Waals surface area (Å²) in [5, 5.41) is 0. The van der Waals surface area contributed by atoms with Gasteiger partial charge in [-0.1, -0.05) is 0 Å². The zero-order valence-corrected chi connectivity index (χ0v) is 12.0. The predicted octanol–water partition coefficient (Wildman–Crippen LogP) is 1.38. The molecule has 0 radical (unpaired) electrons. The number of rotatable bonds is 4. The maximum Gasteiger partial charge on any atom is 0.208 e. The minimum absolute atomic E-state index is 0.240. The van der Waals surface area contributed by atoms with Gasteiger partial charge in [-0.2, -0.15) is 0 Å². The highest BCUT2D eigenvalue weighted by molar-refractivity contribution is 7.88. The maximum absolute atomic E-state index is 11.4. The van der Waals surface area contributed by atoms with E-state index in [1.807, 2.05) is 0 Å². The number of methoxy groups -OCH3 is 1. The molecule has 0 aromatic carbocycles. The molecule has 0 heterocycles. The number of hydrogen-bond acceptors (Lipinski definition) is 3. The molecule has 104 valence electrons. The van der Waals surface area contributed by atoms with Gasteiger partial charge in [0.25, 0.3) is 0 Å². The molecule has 0 aromatic rings. The Morgan fingerprint density at radius 1 is 1.11 bits per heavy atom. The Morgan fingerprint density at radius 3 is 2.00 bits per heavy atom. The van der Waals surface area contributed by atoms with Gasteiger partial charge in [0.2, 0.25) is 10.0 Å². The molecule has 0 amide bonds. The van der Waals surface area contributed by atoms with E-state index in [1.54, 1.807) is 7.11 Å². The van der Waals surface area contributed by atoms with Crippen molar-refractivity contribution in [1.29, 1.82) is 0 Å². The van der Waals surface area contributed by atoms with Crippen molar-refractivity contribution in [2.45, 2.75) is 37.7 Å². The molecule has 4 bridgehead atoms. The normalized spacial score (nSPS) is 46.6. The van der Waals surface area contributed by atoms with Crippen LogP contribution in [0.3, 0.4) is 0 Å². The fourth-order valence-corrected chi connectivity index (χ4v) is 5.41. The van der Waals surface area contributed by atoms with Crippen molar-refractivity contribution >= 4 is 10.0 Å². The first-order valence-electron chi connectivity index (χ1n) is 6.93. The fraction of sp³-hybridized carbons (Fsp3) is 1.00. The monoisotopic (exact) mass is 273 g/mol. The zero-order chi connectivity index (χ0) is 13.0. The molecular weight excluding hydrogens is 250 g/mol. The van der Waals surface area contributed by atoms with Gasteiger partial charge in [0, 0.05) is 13.7 Å². The molecule has 4 aliphatic rings. The van der Waals surface area contributed by atoms with Crippen LogP contribution in [0.2, 0.25) is 0 Å². The van der Waals surface area contributed by atoms with Gasteiger partial charge in [0.15, 0.2) is 0 Å². The van der Waals surface area contributed by atoms with Gasteiger partial charge in [0.1, 0.15) is 0 Å². The molecule has 0 spiro atoms. The van der Waals surface area contributed by atoms with Gasteiger partial charge in [-0.3, -0.25) is 0 Å². The van der Waals surface area contributed by atoms with Crippen LogP contribution in [0.5, 0.6) is 0 Å². The fourth-order valence-electron chi connectivity index (χ4n) is 4.92. The van der Waals surface area contributed by atoms with Crippen LogP contribution in [-0.2, 0) is 14.8 Å².